The van der Waals surface area contributed by atoms with Crippen LogP contribution in [-0.4, -0.2) is 38.5 Å². The topological polar surface area (TPSA) is 68.3 Å². The predicted octanol–water partition coefficient (Wildman–Crippen LogP) is 2.37. The number of benzene rings is 1. The third-order valence-electron chi connectivity index (χ3n) is 3.28. The van der Waals surface area contributed by atoms with Crippen molar-refractivity contribution in [2.24, 2.45) is 0 Å². The average molecular weight is 392 g/mol. The zero-order chi connectivity index (χ0) is 15.0. The van der Waals surface area contributed by atoms with Gasteiger partial charge in [0, 0.05) is 29.1 Å². The molecule has 1 N–H and O–H groups in total. The van der Waals surface area contributed by atoms with Crippen LogP contribution in [0.5, 0.6) is 0 Å². The van der Waals surface area contributed by atoms with Crippen LogP contribution < -0.4 is 5.32 Å². The van der Waals surface area contributed by atoms with Gasteiger partial charge in [0.25, 0.3) is 0 Å². The highest BCUT2D eigenvalue weighted by molar-refractivity contribution is 9.10. The highest BCUT2D eigenvalue weighted by Gasteiger charge is 2.32. The molecule has 0 radical (unpaired) electrons. The molecule has 1 aromatic carbocycles. The summed E-state index contributed by atoms with van der Waals surface area (Å²) in [6.45, 7) is 1.24. The van der Waals surface area contributed by atoms with Gasteiger partial charge < -0.3 is 10.1 Å². The van der Waals surface area contributed by atoms with E-state index in [9.17, 15) is 8.42 Å². The lowest BCUT2D eigenvalue weighted by Gasteiger charge is -2.24. The lowest BCUT2D eigenvalue weighted by Crippen LogP contribution is -2.43. The van der Waals surface area contributed by atoms with E-state index < -0.39 is 15.3 Å². The molecule has 1 fully saturated rings. The lowest BCUT2D eigenvalue weighted by atomic mass is 10.2. The van der Waals surface area contributed by atoms with E-state index in [1.54, 1.807) is 12.1 Å². The van der Waals surface area contributed by atoms with Crippen molar-refractivity contribution in [1.82, 2.24) is 10.3 Å². The molecule has 1 aromatic heterocycles. The van der Waals surface area contributed by atoms with Gasteiger partial charge in [0.15, 0.2) is 5.44 Å². The van der Waals surface area contributed by atoms with E-state index in [0.29, 0.717) is 24.1 Å². The number of hydrogen-bond acceptors (Lipinski definition) is 5. The van der Waals surface area contributed by atoms with Gasteiger partial charge in [-0.1, -0.05) is 27.5 Å². The lowest BCUT2D eigenvalue weighted by molar-refractivity contribution is 0.0785. The van der Waals surface area contributed by atoms with Crippen molar-refractivity contribution in [3.63, 3.8) is 0 Å². The largest absolute Gasteiger partial charge is 0.359 e. The first-order valence-electron chi connectivity index (χ1n) is 6.30. The van der Waals surface area contributed by atoms with Gasteiger partial charge in [-0.3, -0.25) is 4.98 Å². The van der Waals surface area contributed by atoms with Gasteiger partial charge in [0.05, 0.1) is 17.1 Å². The average Bonchev–Trinajstić information content (AvgIpc) is 2.49. The summed E-state index contributed by atoms with van der Waals surface area (Å²) in [7, 11) is -3.69. The van der Waals surface area contributed by atoms with Crippen molar-refractivity contribution in [2.45, 2.75) is 10.3 Å². The number of rotatable bonds is 2. The Kier molecular flexibility index (Phi) is 4.20. The molecule has 112 valence electrons. The van der Waals surface area contributed by atoms with Crippen molar-refractivity contribution in [2.75, 3.05) is 19.7 Å². The maximum atomic E-state index is 12.6. The van der Waals surface area contributed by atoms with Gasteiger partial charge in [0.2, 0.25) is 9.84 Å². The monoisotopic (exact) mass is 390 g/mol. The molecule has 1 atom stereocenters. The molecule has 5 nitrogen and oxygen atoms in total. The summed E-state index contributed by atoms with van der Waals surface area (Å²) >= 11 is 9.65. The Morgan fingerprint density at radius 2 is 2.24 bits per heavy atom. The number of aromatic nitrogens is 1. The third-order valence-corrected chi connectivity index (χ3v) is 6.21. The second kappa shape index (κ2) is 5.81. The third kappa shape index (κ3) is 2.80. The van der Waals surface area contributed by atoms with E-state index >= 15 is 0 Å². The van der Waals surface area contributed by atoms with E-state index in [-0.39, 0.29) is 16.5 Å². The van der Waals surface area contributed by atoms with E-state index in [1.165, 1.54) is 6.20 Å². The Hall–Kier alpha value is -0.730. The number of ether oxygens (including phenoxy) is 1. The fourth-order valence-corrected chi connectivity index (χ4v) is 4.53. The number of halogens is 2. The summed E-state index contributed by atoms with van der Waals surface area (Å²) in [4.78, 5) is 4.19. The molecule has 1 saturated heterocycles. The molecular formula is C13H12BrClN2O3S. The highest BCUT2D eigenvalue weighted by atomic mass is 79.9. The Morgan fingerprint density at radius 1 is 1.43 bits per heavy atom. The van der Waals surface area contributed by atoms with Crippen LogP contribution >= 0.6 is 27.5 Å². The molecule has 1 aliphatic rings. The first-order chi connectivity index (χ1) is 10.00. The second-order valence-electron chi connectivity index (χ2n) is 4.65. The summed E-state index contributed by atoms with van der Waals surface area (Å²) in [6, 6.07) is 5.36. The first kappa shape index (κ1) is 15.2. The van der Waals surface area contributed by atoms with Crippen molar-refractivity contribution in [3.05, 3.63) is 33.9 Å². The molecule has 0 saturated carbocycles. The molecule has 2 heterocycles. The fraction of sp³-hybridized carbons (Fsp3) is 0.308. The smallest absolute Gasteiger partial charge is 0.209 e. The maximum Gasteiger partial charge on any atom is 0.209 e. The molecule has 0 aliphatic carbocycles. The second-order valence-corrected chi connectivity index (χ2v) is 8.00. The molecule has 8 heteroatoms. The van der Waals surface area contributed by atoms with Gasteiger partial charge in [-0.15, -0.1) is 0 Å². The summed E-state index contributed by atoms with van der Waals surface area (Å²) < 4.78 is 31.4. The van der Waals surface area contributed by atoms with E-state index in [1.807, 2.05) is 6.07 Å². The minimum atomic E-state index is -3.69. The fourth-order valence-electron chi connectivity index (χ4n) is 2.19. The molecule has 1 aliphatic heterocycles. The minimum Gasteiger partial charge on any atom is -0.359 e. The Labute approximate surface area is 135 Å². The first-order valence-corrected chi connectivity index (χ1v) is 9.02. The van der Waals surface area contributed by atoms with E-state index in [4.69, 9.17) is 16.3 Å². The normalized spacial score (nSPS) is 19.8. The van der Waals surface area contributed by atoms with Gasteiger partial charge in [-0.2, -0.15) is 0 Å². The summed E-state index contributed by atoms with van der Waals surface area (Å²) in [6.07, 6.45) is 1.30. The summed E-state index contributed by atoms with van der Waals surface area (Å²) in [5.41, 5.74) is -0.292. The molecule has 3 rings (SSSR count). The van der Waals surface area contributed by atoms with Crippen LogP contribution in [0.3, 0.4) is 0 Å². The van der Waals surface area contributed by atoms with Crippen molar-refractivity contribution in [1.29, 1.82) is 0 Å². The molecule has 0 bridgehead atoms. The van der Waals surface area contributed by atoms with Crippen LogP contribution in [0, 0.1) is 0 Å². The van der Waals surface area contributed by atoms with Crippen LogP contribution in [0.4, 0.5) is 0 Å². The molecule has 0 spiro atoms. The van der Waals surface area contributed by atoms with Gasteiger partial charge >= 0.3 is 0 Å². The van der Waals surface area contributed by atoms with Gasteiger partial charge in [-0.05, 0) is 18.2 Å². The SMILES string of the molecule is O=S(=O)(c1cnc2ccc(Br)cc2c1Cl)C1CNCCO1. The molecule has 1 unspecified atom stereocenters. The van der Waals surface area contributed by atoms with E-state index in [0.717, 1.165) is 4.47 Å². The summed E-state index contributed by atoms with van der Waals surface area (Å²) in [5.74, 6) is 0. The van der Waals surface area contributed by atoms with Crippen molar-refractivity contribution >= 4 is 48.3 Å². The number of nitrogens with zero attached hydrogens (tertiary/aromatic N) is 1. The van der Waals surface area contributed by atoms with Crippen molar-refractivity contribution < 1.29 is 13.2 Å². The standard InChI is InChI=1S/C13H12BrClN2O3S/c14-8-1-2-10-9(5-8)13(15)11(6-17-10)21(18,19)12-7-16-3-4-20-12/h1-2,5-6,12,16H,3-4,7H2. The van der Waals surface area contributed by atoms with Crippen molar-refractivity contribution in [3.8, 4) is 0 Å². The quantitative estimate of drug-likeness (QED) is 0.851. The van der Waals surface area contributed by atoms with Gasteiger partial charge in [-0.25, -0.2) is 8.42 Å². The van der Waals surface area contributed by atoms with E-state index in [2.05, 4.69) is 26.2 Å². The number of fused-ring (bicyclic) bond motifs is 1. The molecule has 21 heavy (non-hydrogen) atoms. The number of morpholine rings is 1. The van der Waals surface area contributed by atoms with Crippen LogP contribution in [0.25, 0.3) is 10.9 Å². The molecule has 0 amide bonds. The number of sulfone groups is 1. The number of nitrogens with one attached hydrogen (secondary N) is 1. The Balaban J connectivity index is 2.13. The number of pyridine rings is 1. The Morgan fingerprint density at radius 3 is 2.95 bits per heavy atom. The van der Waals surface area contributed by atoms with Gasteiger partial charge in [0.1, 0.15) is 4.90 Å². The highest BCUT2D eigenvalue weighted by Crippen LogP contribution is 2.32. The zero-order valence-corrected chi connectivity index (χ0v) is 14.0. The Bertz CT molecular complexity index is 791. The minimum absolute atomic E-state index is 0.00321. The molecular weight excluding hydrogens is 380 g/mol. The number of hydrogen-bond donors (Lipinski definition) is 1. The van der Waals surface area contributed by atoms with Crippen LogP contribution in [0.1, 0.15) is 0 Å². The predicted molar refractivity (Wildman–Crippen MR) is 84.2 cm³/mol. The van der Waals surface area contributed by atoms with Crippen LogP contribution in [0.15, 0.2) is 33.8 Å². The van der Waals surface area contributed by atoms with Crippen LogP contribution in [0.2, 0.25) is 5.02 Å². The molecule has 2 aromatic rings. The summed E-state index contributed by atoms with van der Waals surface area (Å²) in [5, 5.41) is 3.77. The maximum absolute atomic E-state index is 12.6. The van der Waals surface area contributed by atoms with Crippen LogP contribution in [-0.2, 0) is 14.6 Å². The zero-order valence-electron chi connectivity index (χ0n) is 10.8.